The molecule has 2 aromatic heterocycles. The van der Waals surface area contributed by atoms with Crippen molar-refractivity contribution in [2.24, 2.45) is 0 Å². The normalized spacial score (nSPS) is 19.0. The predicted octanol–water partition coefficient (Wildman–Crippen LogP) is 4.72. The third-order valence-corrected chi connectivity index (χ3v) is 8.88. The average molecular weight is 674 g/mol. The molecule has 12 nitrogen and oxygen atoms in total. The van der Waals surface area contributed by atoms with Crippen molar-refractivity contribution in [2.45, 2.75) is 30.1 Å². The summed E-state index contributed by atoms with van der Waals surface area (Å²) in [6.45, 7) is -0.109. The average Bonchev–Trinajstić information content (AvgIpc) is 3.73. The van der Waals surface area contributed by atoms with E-state index in [1.807, 2.05) is 84.9 Å². The number of anilines is 1. The first kappa shape index (κ1) is 32.9. The third kappa shape index (κ3) is 6.05. The van der Waals surface area contributed by atoms with Gasteiger partial charge in [0.1, 0.15) is 41.7 Å². The molecular weight excluding hydrogens is 638 g/mol. The smallest absolute Gasteiger partial charge is 0.256 e. The quantitative estimate of drug-likeness (QED) is 0.165. The van der Waals surface area contributed by atoms with Crippen LogP contribution >= 0.6 is 0 Å². The van der Waals surface area contributed by atoms with E-state index in [0.29, 0.717) is 28.2 Å². The highest BCUT2D eigenvalue weighted by molar-refractivity contribution is 6.06. The number of hydrogen-bond donors (Lipinski definition) is 3. The van der Waals surface area contributed by atoms with Crippen molar-refractivity contribution in [2.75, 3.05) is 26.1 Å². The van der Waals surface area contributed by atoms with Crippen LogP contribution in [0.25, 0.3) is 11.2 Å². The van der Waals surface area contributed by atoms with Gasteiger partial charge < -0.3 is 34.5 Å². The van der Waals surface area contributed by atoms with Gasteiger partial charge in [0, 0.05) is 5.56 Å². The molecule has 0 radical (unpaired) electrons. The maximum Gasteiger partial charge on any atom is 0.256 e. The standard InChI is InChI=1S/C38H35N5O7/c1-47-28-17-13-26(14-18-28)38(25-11-7-4-8-12-25,27-15-19-29(48-2)20-16-27)49-21-30-32(44)33(45)37(50-30)43-23-41-31-34(39-22-40-35(31)43)42-36(46)24-9-5-3-6-10-24/h3-20,22-23,30,32-33,37,44-45H,21H2,1-2H3,(H,39,40,42,46)/t30-,32-,33+,37-/m0/s1. The molecule has 0 saturated carbocycles. The lowest BCUT2D eigenvalue weighted by molar-refractivity contribution is -0.0942. The molecular formula is C38H35N5O7. The Labute approximate surface area is 287 Å². The fourth-order valence-corrected chi connectivity index (χ4v) is 6.28. The number of aliphatic hydroxyl groups excluding tert-OH is 2. The molecule has 12 heteroatoms. The molecule has 50 heavy (non-hydrogen) atoms. The molecule has 0 unspecified atom stereocenters. The van der Waals surface area contributed by atoms with Gasteiger partial charge in [-0.25, -0.2) is 15.0 Å². The highest BCUT2D eigenvalue weighted by Crippen LogP contribution is 2.43. The lowest BCUT2D eigenvalue weighted by Crippen LogP contribution is -2.39. The molecule has 1 amide bonds. The van der Waals surface area contributed by atoms with E-state index in [9.17, 15) is 15.0 Å². The summed E-state index contributed by atoms with van der Waals surface area (Å²) in [5.74, 6) is 1.21. The molecule has 0 bridgehead atoms. The summed E-state index contributed by atoms with van der Waals surface area (Å²) in [6.07, 6.45) is -1.97. The molecule has 0 spiro atoms. The first-order valence-electron chi connectivity index (χ1n) is 16.0. The molecule has 7 rings (SSSR count). The van der Waals surface area contributed by atoms with E-state index in [2.05, 4.69) is 20.3 Å². The first-order valence-corrected chi connectivity index (χ1v) is 16.0. The Morgan fingerprint density at radius 2 is 1.36 bits per heavy atom. The van der Waals surface area contributed by atoms with E-state index in [1.54, 1.807) is 38.5 Å². The highest BCUT2D eigenvalue weighted by Gasteiger charge is 2.47. The van der Waals surface area contributed by atoms with Crippen LogP contribution < -0.4 is 14.8 Å². The summed E-state index contributed by atoms with van der Waals surface area (Å²) < 4.78 is 25.6. The molecule has 3 heterocycles. The lowest BCUT2D eigenvalue weighted by Gasteiger charge is -2.37. The number of amides is 1. The van der Waals surface area contributed by atoms with Crippen molar-refractivity contribution in [1.82, 2.24) is 19.5 Å². The minimum absolute atomic E-state index is 0.109. The van der Waals surface area contributed by atoms with Gasteiger partial charge in [-0.2, -0.15) is 0 Å². The molecule has 254 valence electrons. The zero-order valence-corrected chi connectivity index (χ0v) is 27.3. The van der Waals surface area contributed by atoms with Gasteiger partial charge in [-0.15, -0.1) is 0 Å². The summed E-state index contributed by atoms with van der Waals surface area (Å²) in [7, 11) is 3.22. The summed E-state index contributed by atoms with van der Waals surface area (Å²) in [6, 6.07) is 33.7. The highest BCUT2D eigenvalue weighted by atomic mass is 16.6. The summed E-state index contributed by atoms with van der Waals surface area (Å²) in [4.78, 5) is 25.9. The number of ether oxygens (including phenoxy) is 4. The van der Waals surface area contributed by atoms with E-state index >= 15 is 0 Å². The zero-order chi connectivity index (χ0) is 34.7. The number of nitrogens with one attached hydrogen (secondary N) is 1. The summed E-state index contributed by atoms with van der Waals surface area (Å²) >= 11 is 0. The topological polar surface area (TPSA) is 150 Å². The van der Waals surface area contributed by atoms with Crippen LogP contribution in [0.15, 0.2) is 122 Å². The number of methoxy groups -OCH3 is 2. The Morgan fingerprint density at radius 3 is 1.96 bits per heavy atom. The minimum atomic E-state index is -1.36. The Bertz CT molecular complexity index is 2010. The molecule has 3 N–H and O–H groups in total. The number of aromatic nitrogens is 4. The number of nitrogens with zero attached hydrogens (tertiary/aromatic N) is 4. The zero-order valence-electron chi connectivity index (χ0n) is 27.3. The van der Waals surface area contributed by atoms with Crippen LogP contribution in [-0.2, 0) is 15.1 Å². The van der Waals surface area contributed by atoms with Crippen LogP contribution in [0, 0.1) is 0 Å². The largest absolute Gasteiger partial charge is 0.497 e. The second-order valence-electron chi connectivity index (χ2n) is 11.7. The van der Waals surface area contributed by atoms with E-state index in [0.717, 1.165) is 16.7 Å². The third-order valence-electron chi connectivity index (χ3n) is 8.88. The van der Waals surface area contributed by atoms with Crippen LogP contribution in [0.3, 0.4) is 0 Å². The van der Waals surface area contributed by atoms with Gasteiger partial charge >= 0.3 is 0 Å². The Hall–Kier alpha value is -5.66. The molecule has 1 saturated heterocycles. The van der Waals surface area contributed by atoms with Crippen LogP contribution in [0.5, 0.6) is 11.5 Å². The van der Waals surface area contributed by atoms with Gasteiger partial charge in [-0.05, 0) is 53.1 Å². The number of aliphatic hydroxyl groups is 2. The monoisotopic (exact) mass is 673 g/mol. The second-order valence-corrected chi connectivity index (χ2v) is 11.7. The van der Waals surface area contributed by atoms with Gasteiger partial charge in [0.05, 0.1) is 27.2 Å². The number of hydrogen-bond acceptors (Lipinski definition) is 10. The maximum atomic E-state index is 12.9. The van der Waals surface area contributed by atoms with Crippen molar-refractivity contribution in [3.05, 3.63) is 144 Å². The lowest BCUT2D eigenvalue weighted by atomic mass is 9.80. The number of fused-ring (bicyclic) bond motifs is 1. The van der Waals surface area contributed by atoms with Crippen molar-refractivity contribution in [3.8, 4) is 11.5 Å². The molecule has 6 aromatic rings. The van der Waals surface area contributed by atoms with Gasteiger partial charge in [0.15, 0.2) is 23.2 Å². The fraction of sp³-hybridized carbons (Fsp3) is 0.211. The Morgan fingerprint density at radius 1 is 0.780 bits per heavy atom. The van der Waals surface area contributed by atoms with Crippen LogP contribution in [0.4, 0.5) is 5.82 Å². The molecule has 1 aliphatic rings. The van der Waals surface area contributed by atoms with Crippen molar-refractivity contribution < 1.29 is 34.0 Å². The maximum absolute atomic E-state index is 12.9. The molecule has 1 aliphatic heterocycles. The molecule has 4 atom stereocenters. The number of imidazole rings is 1. The first-order chi connectivity index (χ1) is 24.4. The summed E-state index contributed by atoms with van der Waals surface area (Å²) in [5, 5.41) is 25.4. The van der Waals surface area contributed by atoms with Crippen molar-refractivity contribution >= 4 is 22.9 Å². The second kappa shape index (κ2) is 14.1. The van der Waals surface area contributed by atoms with E-state index in [-0.39, 0.29) is 18.3 Å². The number of rotatable bonds is 11. The SMILES string of the molecule is COc1ccc(C(OC[C@@H]2O[C@H](n3cnc4c(NC(=O)c5ccccc5)ncnc43)[C@H](O)[C@H]2O)(c2ccccc2)c2ccc(OC)cc2)cc1. The van der Waals surface area contributed by atoms with E-state index < -0.39 is 30.1 Å². The fourth-order valence-electron chi connectivity index (χ4n) is 6.28. The molecule has 0 aliphatic carbocycles. The molecule has 4 aromatic carbocycles. The van der Waals surface area contributed by atoms with E-state index in [1.165, 1.54) is 17.2 Å². The number of carbonyl (C=O) groups is 1. The number of benzene rings is 4. The summed E-state index contributed by atoms with van der Waals surface area (Å²) in [5.41, 5.74) is 2.34. The van der Waals surface area contributed by atoms with Crippen molar-refractivity contribution in [3.63, 3.8) is 0 Å². The van der Waals surface area contributed by atoms with Gasteiger partial charge in [0.25, 0.3) is 5.91 Å². The molecule has 1 fully saturated rings. The van der Waals surface area contributed by atoms with E-state index in [4.69, 9.17) is 18.9 Å². The Balaban J connectivity index is 1.20. The van der Waals surface area contributed by atoms with Gasteiger partial charge in [-0.1, -0.05) is 72.8 Å². The van der Waals surface area contributed by atoms with Gasteiger partial charge in [0.2, 0.25) is 0 Å². The van der Waals surface area contributed by atoms with Crippen LogP contribution in [0.1, 0.15) is 33.3 Å². The predicted molar refractivity (Wildman–Crippen MR) is 184 cm³/mol. The van der Waals surface area contributed by atoms with Crippen molar-refractivity contribution in [1.29, 1.82) is 0 Å². The van der Waals surface area contributed by atoms with Crippen LogP contribution in [0.2, 0.25) is 0 Å². The van der Waals surface area contributed by atoms with Crippen LogP contribution in [-0.4, -0.2) is 74.8 Å². The number of carbonyl (C=O) groups excluding carboxylic acids is 1. The van der Waals surface area contributed by atoms with Gasteiger partial charge in [-0.3, -0.25) is 9.36 Å². The Kier molecular flexibility index (Phi) is 9.24. The minimum Gasteiger partial charge on any atom is -0.497 e.